The van der Waals surface area contributed by atoms with Crippen LogP contribution < -0.4 is 11.0 Å². The zero-order chi connectivity index (χ0) is 21.6. The molecular weight excluding hydrogens is 382 g/mol. The molecule has 30 heavy (non-hydrogen) atoms. The maximum absolute atomic E-state index is 12.3. The second-order valence-corrected chi connectivity index (χ2v) is 8.43. The van der Waals surface area contributed by atoms with E-state index in [9.17, 15) is 9.90 Å². The van der Waals surface area contributed by atoms with Crippen LogP contribution in [0.3, 0.4) is 0 Å². The molecule has 0 radical (unpaired) electrons. The number of unbranched alkanes of at least 4 members (excludes halogenated alkanes) is 11. The van der Waals surface area contributed by atoms with Gasteiger partial charge in [0.2, 0.25) is 0 Å². The number of aliphatic hydroxyl groups excluding tert-OH is 2. The molecule has 2 heterocycles. The van der Waals surface area contributed by atoms with Crippen LogP contribution in [0.2, 0.25) is 0 Å². The lowest BCUT2D eigenvalue weighted by Gasteiger charge is -2.14. The average molecular weight is 424 g/mol. The Labute approximate surface area is 180 Å². The lowest BCUT2D eigenvalue weighted by atomic mass is 10.1. The van der Waals surface area contributed by atoms with E-state index < -0.39 is 24.1 Å². The summed E-state index contributed by atoms with van der Waals surface area (Å²) in [4.78, 5) is 16.3. The number of aliphatic hydroxyl groups is 2. The molecule has 172 valence electrons. The topological polar surface area (TPSA) is 96.6 Å². The van der Waals surface area contributed by atoms with Crippen LogP contribution in [0.4, 0.5) is 5.82 Å². The molecule has 1 aromatic heterocycles. The van der Waals surface area contributed by atoms with Gasteiger partial charge in [0, 0.05) is 19.2 Å². The number of ether oxygens (including phenoxy) is 1. The van der Waals surface area contributed by atoms with E-state index in [1.54, 1.807) is 12.3 Å². The molecule has 3 atom stereocenters. The largest absolute Gasteiger partial charge is 0.394 e. The van der Waals surface area contributed by atoms with Gasteiger partial charge in [-0.25, -0.2) is 4.79 Å². The normalized spacial score (nSPS) is 21.2. The number of hydrogen-bond donors (Lipinski definition) is 3. The number of rotatable bonds is 16. The highest BCUT2D eigenvalue weighted by atomic mass is 16.5. The lowest BCUT2D eigenvalue weighted by Crippen LogP contribution is -2.28. The summed E-state index contributed by atoms with van der Waals surface area (Å²) in [6.45, 7) is 2.80. The van der Waals surface area contributed by atoms with E-state index in [4.69, 9.17) is 9.84 Å². The van der Waals surface area contributed by atoms with Gasteiger partial charge in [-0.15, -0.1) is 0 Å². The second kappa shape index (κ2) is 14.5. The van der Waals surface area contributed by atoms with Crippen LogP contribution in [0.5, 0.6) is 0 Å². The predicted molar refractivity (Wildman–Crippen MR) is 120 cm³/mol. The first-order valence-electron chi connectivity index (χ1n) is 11.9. The highest BCUT2D eigenvalue weighted by molar-refractivity contribution is 5.31. The SMILES string of the molecule is CCCCCCCCCCCCCCNc1ccn([C@H]2C[C@H](O)[C@@H](CO)O2)c(=O)n1. The van der Waals surface area contributed by atoms with Crippen LogP contribution in [0, 0.1) is 0 Å². The molecule has 0 spiro atoms. The first kappa shape index (κ1) is 24.8. The number of hydrogen-bond acceptors (Lipinski definition) is 6. The summed E-state index contributed by atoms with van der Waals surface area (Å²) < 4.78 is 6.88. The fourth-order valence-corrected chi connectivity index (χ4v) is 3.96. The van der Waals surface area contributed by atoms with Crippen LogP contribution >= 0.6 is 0 Å². The van der Waals surface area contributed by atoms with Crippen molar-refractivity contribution in [2.24, 2.45) is 0 Å². The Hall–Kier alpha value is -1.44. The Kier molecular flexibility index (Phi) is 12.0. The molecular formula is C23H41N3O4. The molecule has 1 aliphatic rings. The molecule has 0 aliphatic carbocycles. The zero-order valence-electron chi connectivity index (χ0n) is 18.6. The minimum absolute atomic E-state index is 0.265. The third-order valence-corrected chi connectivity index (χ3v) is 5.86. The zero-order valence-corrected chi connectivity index (χ0v) is 18.6. The Morgan fingerprint density at radius 3 is 2.20 bits per heavy atom. The minimum Gasteiger partial charge on any atom is -0.394 e. The Morgan fingerprint density at radius 1 is 1.07 bits per heavy atom. The summed E-state index contributed by atoms with van der Waals surface area (Å²) in [6, 6.07) is 1.75. The predicted octanol–water partition coefficient (Wildman–Crippen LogP) is 4.00. The molecule has 1 aliphatic heterocycles. The molecule has 1 saturated heterocycles. The van der Waals surface area contributed by atoms with E-state index in [1.165, 1.54) is 75.2 Å². The number of aromatic nitrogens is 2. The van der Waals surface area contributed by atoms with Crippen LogP contribution in [0.25, 0.3) is 0 Å². The Bertz CT molecular complexity index is 637. The van der Waals surface area contributed by atoms with Crippen LogP contribution in [0.15, 0.2) is 17.1 Å². The molecule has 3 N–H and O–H groups in total. The van der Waals surface area contributed by atoms with Crippen molar-refractivity contribution in [3.8, 4) is 0 Å². The fraction of sp³-hybridized carbons (Fsp3) is 0.826. The number of nitrogens with zero attached hydrogens (tertiary/aromatic N) is 2. The van der Waals surface area contributed by atoms with Gasteiger partial charge in [-0.2, -0.15) is 4.98 Å². The Balaban J connectivity index is 1.53. The van der Waals surface area contributed by atoms with Crippen LogP contribution in [-0.2, 0) is 4.74 Å². The van der Waals surface area contributed by atoms with E-state index in [-0.39, 0.29) is 13.0 Å². The first-order valence-corrected chi connectivity index (χ1v) is 11.9. The standard InChI is InChI=1S/C23H41N3O4/c1-2-3-4-5-6-7-8-9-10-11-12-13-15-24-21-14-16-26(23(29)25-21)22-17-19(28)20(18-27)30-22/h14,16,19-20,22,27-28H,2-13,15,17-18H2,1H3,(H,24,25,29)/t19-,20+,22+/m0/s1. The van der Waals surface area contributed by atoms with Crippen molar-refractivity contribution in [2.45, 2.75) is 109 Å². The number of anilines is 1. The maximum Gasteiger partial charge on any atom is 0.351 e. The van der Waals surface area contributed by atoms with Crippen molar-refractivity contribution in [1.82, 2.24) is 9.55 Å². The summed E-state index contributed by atoms with van der Waals surface area (Å²) in [7, 11) is 0. The van der Waals surface area contributed by atoms with E-state index in [0.29, 0.717) is 5.82 Å². The Morgan fingerprint density at radius 2 is 1.67 bits per heavy atom. The summed E-state index contributed by atoms with van der Waals surface area (Å²) in [5.41, 5.74) is -0.412. The van der Waals surface area contributed by atoms with Gasteiger partial charge in [0.25, 0.3) is 0 Å². The summed E-state index contributed by atoms with van der Waals surface area (Å²) in [5.74, 6) is 0.566. The third-order valence-electron chi connectivity index (χ3n) is 5.86. The molecule has 2 rings (SSSR count). The molecule has 0 aromatic carbocycles. The lowest BCUT2D eigenvalue weighted by molar-refractivity contribution is -0.0458. The molecule has 0 bridgehead atoms. The van der Waals surface area contributed by atoms with Gasteiger partial charge in [-0.3, -0.25) is 4.57 Å². The monoisotopic (exact) mass is 423 g/mol. The molecule has 0 amide bonds. The van der Waals surface area contributed by atoms with Crippen LogP contribution in [-0.4, -0.2) is 45.1 Å². The minimum atomic E-state index is -0.768. The molecule has 7 nitrogen and oxygen atoms in total. The molecule has 0 saturated carbocycles. The summed E-state index contributed by atoms with van der Waals surface area (Å²) in [5, 5.41) is 22.2. The fourth-order valence-electron chi connectivity index (χ4n) is 3.96. The van der Waals surface area contributed by atoms with Gasteiger partial charge in [0.15, 0.2) is 0 Å². The highest BCUT2D eigenvalue weighted by Crippen LogP contribution is 2.27. The summed E-state index contributed by atoms with van der Waals surface area (Å²) in [6.07, 6.45) is 15.7. The van der Waals surface area contributed by atoms with Gasteiger partial charge >= 0.3 is 5.69 Å². The second-order valence-electron chi connectivity index (χ2n) is 8.43. The van der Waals surface area contributed by atoms with Crippen molar-refractivity contribution in [2.75, 3.05) is 18.5 Å². The van der Waals surface area contributed by atoms with Crippen molar-refractivity contribution >= 4 is 5.82 Å². The van der Waals surface area contributed by atoms with Crippen molar-refractivity contribution < 1.29 is 14.9 Å². The van der Waals surface area contributed by atoms with E-state index in [2.05, 4.69) is 17.2 Å². The van der Waals surface area contributed by atoms with Crippen molar-refractivity contribution in [3.05, 3.63) is 22.7 Å². The van der Waals surface area contributed by atoms with E-state index >= 15 is 0 Å². The van der Waals surface area contributed by atoms with Crippen molar-refractivity contribution in [1.29, 1.82) is 0 Å². The molecule has 7 heteroatoms. The highest BCUT2D eigenvalue weighted by Gasteiger charge is 2.34. The molecule has 1 aromatic rings. The maximum atomic E-state index is 12.3. The quantitative estimate of drug-likeness (QED) is 0.348. The van der Waals surface area contributed by atoms with Gasteiger partial charge < -0.3 is 20.3 Å². The first-order chi connectivity index (χ1) is 14.7. The van der Waals surface area contributed by atoms with Crippen molar-refractivity contribution in [3.63, 3.8) is 0 Å². The summed E-state index contributed by atoms with van der Waals surface area (Å²) >= 11 is 0. The van der Waals surface area contributed by atoms with E-state index in [0.717, 1.165) is 13.0 Å². The smallest absolute Gasteiger partial charge is 0.351 e. The van der Waals surface area contributed by atoms with Crippen LogP contribution in [0.1, 0.15) is 96.6 Å². The van der Waals surface area contributed by atoms with E-state index in [1.807, 2.05) is 0 Å². The molecule has 0 unspecified atom stereocenters. The van der Waals surface area contributed by atoms with Gasteiger partial charge in [0.1, 0.15) is 18.1 Å². The van der Waals surface area contributed by atoms with Gasteiger partial charge in [-0.1, -0.05) is 77.6 Å². The number of nitrogens with one attached hydrogen (secondary N) is 1. The van der Waals surface area contributed by atoms with Gasteiger partial charge in [-0.05, 0) is 12.5 Å². The molecule has 1 fully saturated rings. The third kappa shape index (κ3) is 8.74. The average Bonchev–Trinajstić information content (AvgIpc) is 3.12. The van der Waals surface area contributed by atoms with Gasteiger partial charge in [0.05, 0.1) is 12.7 Å².